The number of amides is 2. The van der Waals surface area contributed by atoms with Crippen molar-refractivity contribution in [2.45, 2.75) is 44.7 Å². The van der Waals surface area contributed by atoms with Crippen molar-refractivity contribution in [3.8, 4) is 0 Å². The van der Waals surface area contributed by atoms with E-state index in [0.717, 1.165) is 42.3 Å². The smallest absolute Gasteiger partial charge is 0.253 e. The van der Waals surface area contributed by atoms with E-state index in [0.29, 0.717) is 22.3 Å². The van der Waals surface area contributed by atoms with Gasteiger partial charge in [0.15, 0.2) is 0 Å². The Balaban J connectivity index is 1.36. The molecule has 1 aromatic heterocycles. The first-order valence-corrected chi connectivity index (χ1v) is 10.9. The number of nitrogens with zero attached hydrogens (tertiary/aromatic N) is 1. The van der Waals surface area contributed by atoms with Crippen LogP contribution < -0.4 is 16.0 Å². The third-order valence-electron chi connectivity index (χ3n) is 5.61. The molecule has 2 amide bonds. The van der Waals surface area contributed by atoms with Crippen molar-refractivity contribution < 1.29 is 9.59 Å². The highest BCUT2D eigenvalue weighted by atomic mass is 35.5. The number of carbonyl (C=O) groups is 2. The molecule has 1 fully saturated rings. The minimum atomic E-state index is -0.197. The number of hydrogen-bond acceptors (Lipinski definition) is 4. The summed E-state index contributed by atoms with van der Waals surface area (Å²) in [5.41, 5.74) is 2.95. The molecule has 0 aliphatic heterocycles. The molecule has 1 heterocycles. The van der Waals surface area contributed by atoms with Crippen molar-refractivity contribution >= 4 is 45.7 Å². The van der Waals surface area contributed by atoms with Gasteiger partial charge in [0, 0.05) is 41.3 Å². The number of pyridine rings is 1. The normalized spacial score (nSPS) is 18.4. The van der Waals surface area contributed by atoms with Gasteiger partial charge in [-0.3, -0.25) is 14.6 Å². The average Bonchev–Trinajstić information content (AvgIpc) is 2.75. The Morgan fingerprint density at radius 2 is 1.71 bits per heavy atom. The molecule has 1 saturated carbocycles. The van der Waals surface area contributed by atoms with Crippen LogP contribution in [0.5, 0.6) is 0 Å². The largest absolute Gasteiger partial charge is 0.382 e. The van der Waals surface area contributed by atoms with Gasteiger partial charge in [-0.2, -0.15) is 0 Å². The minimum absolute atomic E-state index is 0.115. The predicted octanol–water partition coefficient (Wildman–Crippen LogP) is 5.00. The van der Waals surface area contributed by atoms with E-state index in [-0.39, 0.29) is 17.9 Å². The first-order valence-electron chi connectivity index (χ1n) is 10.5. The van der Waals surface area contributed by atoms with Crippen molar-refractivity contribution in [2.75, 3.05) is 10.6 Å². The van der Waals surface area contributed by atoms with Gasteiger partial charge in [-0.1, -0.05) is 23.7 Å². The third kappa shape index (κ3) is 5.14. The summed E-state index contributed by atoms with van der Waals surface area (Å²) >= 11 is 6.08. The second-order valence-electron chi connectivity index (χ2n) is 7.91. The number of carbonyl (C=O) groups excluding carboxylic acids is 2. The zero-order valence-corrected chi connectivity index (χ0v) is 18.1. The number of fused-ring (bicyclic) bond motifs is 1. The maximum absolute atomic E-state index is 12.8. The summed E-state index contributed by atoms with van der Waals surface area (Å²) in [7, 11) is 0. The van der Waals surface area contributed by atoms with E-state index in [2.05, 4.69) is 20.9 Å². The molecule has 0 radical (unpaired) electrons. The molecule has 0 bridgehead atoms. The van der Waals surface area contributed by atoms with Gasteiger partial charge in [-0.25, -0.2) is 0 Å². The molecule has 31 heavy (non-hydrogen) atoms. The lowest BCUT2D eigenvalue weighted by Crippen LogP contribution is -2.40. The molecule has 1 aliphatic carbocycles. The van der Waals surface area contributed by atoms with Crippen LogP contribution in [0, 0.1) is 0 Å². The zero-order valence-electron chi connectivity index (χ0n) is 17.3. The Bertz CT molecular complexity index is 1110. The first-order chi connectivity index (χ1) is 15.0. The molecule has 1 aliphatic rings. The molecular formula is C24H25ClN4O2. The lowest BCUT2D eigenvalue weighted by atomic mass is 9.90. The Hall–Kier alpha value is -3.12. The molecule has 4 rings (SSSR count). The van der Waals surface area contributed by atoms with Gasteiger partial charge in [0.1, 0.15) is 0 Å². The summed E-state index contributed by atoms with van der Waals surface area (Å²) in [5, 5.41) is 11.2. The molecule has 6 nitrogen and oxygen atoms in total. The van der Waals surface area contributed by atoms with Gasteiger partial charge in [0.05, 0.1) is 16.8 Å². The van der Waals surface area contributed by atoms with Crippen LogP contribution in [-0.2, 0) is 4.79 Å². The van der Waals surface area contributed by atoms with E-state index in [4.69, 9.17) is 11.6 Å². The summed E-state index contributed by atoms with van der Waals surface area (Å²) in [6, 6.07) is 15.2. The SMILES string of the molecule is CC(=O)Nc1ccccc1C(=O)N[C@H]1CC[C@@H](Nc2ccnc3cc(Cl)ccc23)CC1. The van der Waals surface area contributed by atoms with E-state index >= 15 is 0 Å². The van der Waals surface area contributed by atoms with Crippen molar-refractivity contribution in [2.24, 2.45) is 0 Å². The van der Waals surface area contributed by atoms with Gasteiger partial charge in [0.2, 0.25) is 5.91 Å². The fraction of sp³-hybridized carbons (Fsp3) is 0.292. The topological polar surface area (TPSA) is 83.1 Å². The lowest BCUT2D eigenvalue weighted by Gasteiger charge is -2.30. The van der Waals surface area contributed by atoms with Crippen LogP contribution in [0.2, 0.25) is 5.02 Å². The molecule has 0 saturated heterocycles. The highest BCUT2D eigenvalue weighted by Crippen LogP contribution is 2.28. The number of aromatic nitrogens is 1. The van der Waals surface area contributed by atoms with Crippen molar-refractivity contribution in [1.82, 2.24) is 10.3 Å². The second kappa shape index (κ2) is 9.35. The summed E-state index contributed by atoms with van der Waals surface area (Å²) < 4.78 is 0. The van der Waals surface area contributed by atoms with Crippen molar-refractivity contribution in [3.05, 3.63) is 65.3 Å². The molecule has 0 unspecified atom stereocenters. The van der Waals surface area contributed by atoms with Crippen LogP contribution in [0.3, 0.4) is 0 Å². The molecule has 3 N–H and O–H groups in total. The molecular weight excluding hydrogens is 412 g/mol. The maximum Gasteiger partial charge on any atom is 0.253 e. The highest BCUT2D eigenvalue weighted by molar-refractivity contribution is 6.31. The summed E-state index contributed by atoms with van der Waals surface area (Å²) in [5.74, 6) is -0.351. The van der Waals surface area contributed by atoms with Crippen LogP contribution in [0.15, 0.2) is 54.7 Å². The van der Waals surface area contributed by atoms with E-state index < -0.39 is 0 Å². The lowest BCUT2D eigenvalue weighted by molar-refractivity contribution is -0.114. The van der Waals surface area contributed by atoms with E-state index in [1.807, 2.05) is 24.3 Å². The third-order valence-corrected chi connectivity index (χ3v) is 5.84. The standard InChI is InChI=1S/C24H25ClN4O2/c1-15(30)27-21-5-3-2-4-20(21)24(31)29-18-9-7-17(8-10-18)28-22-12-13-26-23-14-16(25)6-11-19(22)23/h2-6,11-14,17-18H,7-10H2,1H3,(H,26,28)(H,27,30)(H,29,31)/t17-,18+. The number of halogens is 1. The van der Waals surface area contributed by atoms with Crippen LogP contribution in [0.25, 0.3) is 10.9 Å². The number of benzene rings is 2. The number of nitrogens with one attached hydrogen (secondary N) is 3. The van der Waals surface area contributed by atoms with E-state index in [1.165, 1.54) is 6.92 Å². The Kier molecular flexibility index (Phi) is 6.37. The number of rotatable bonds is 5. The molecule has 0 spiro atoms. The Labute approximate surface area is 186 Å². The highest BCUT2D eigenvalue weighted by Gasteiger charge is 2.24. The molecule has 0 atom stereocenters. The van der Waals surface area contributed by atoms with E-state index in [1.54, 1.807) is 30.5 Å². The monoisotopic (exact) mass is 436 g/mol. The van der Waals surface area contributed by atoms with Crippen LogP contribution >= 0.6 is 11.6 Å². The zero-order chi connectivity index (χ0) is 21.8. The van der Waals surface area contributed by atoms with Crippen molar-refractivity contribution in [1.29, 1.82) is 0 Å². The quantitative estimate of drug-likeness (QED) is 0.525. The van der Waals surface area contributed by atoms with Gasteiger partial charge >= 0.3 is 0 Å². The van der Waals surface area contributed by atoms with Gasteiger partial charge in [0.25, 0.3) is 5.91 Å². The average molecular weight is 437 g/mol. The molecule has 7 heteroatoms. The van der Waals surface area contributed by atoms with Gasteiger partial charge < -0.3 is 16.0 Å². The van der Waals surface area contributed by atoms with Crippen LogP contribution in [0.4, 0.5) is 11.4 Å². The van der Waals surface area contributed by atoms with Crippen molar-refractivity contribution in [3.63, 3.8) is 0 Å². The number of hydrogen-bond donors (Lipinski definition) is 3. The second-order valence-corrected chi connectivity index (χ2v) is 8.35. The molecule has 3 aromatic rings. The maximum atomic E-state index is 12.8. The first kappa shape index (κ1) is 21.1. The minimum Gasteiger partial charge on any atom is -0.382 e. The van der Waals surface area contributed by atoms with Gasteiger partial charge in [-0.15, -0.1) is 0 Å². The fourth-order valence-corrected chi connectivity index (χ4v) is 4.26. The van der Waals surface area contributed by atoms with Gasteiger partial charge in [-0.05, 0) is 62.1 Å². The summed E-state index contributed by atoms with van der Waals surface area (Å²) in [6.07, 6.45) is 5.48. The summed E-state index contributed by atoms with van der Waals surface area (Å²) in [6.45, 7) is 1.43. The predicted molar refractivity (Wildman–Crippen MR) is 125 cm³/mol. The summed E-state index contributed by atoms with van der Waals surface area (Å²) in [4.78, 5) is 28.6. The Morgan fingerprint density at radius 1 is 0.968 bits per heavy atom. The molecule has 160 valence electrons. The van der Waals surface area contributed by atoms with Crippen LogP contribution in [0.1, 0.15) is 43.0 Å². The van der Waals surface area contributed by atoms with Crippen LogP contribution in [-0.4, -0.2) is 28.9 Å². The number of para-hydroxylation sites is 1. The Morgan fingerprint density at radius 3 is 2.48 bits per heavy atom. The number of anilines is 2. The van der Waals surface area contributed by atoms with E-state index in [9.17, 15) is 9.59 Å². The fourth-order valence-electron chi connectivity index (χ4n) is 4.09. The molecule has 2 aromatic carbocycles.